The van der Waals surface area contributed by atoms with E-state index in [-0.39, 0.29) is 24.4 Å². The van der Waals surface area contributed by atoms with E-state index in [4.69, 9.17) is 12.2 Å². The van der Waals surface area contributed by atoms with E-state index in [1.165, 1.54) is 15.9 Å². The third-order valence-electron chi connectivity index (χ3n) is 3.47. The minimum absolute atomic E-state index is 0.122. The highest BCUT2D eigenvalue weighted by Crippen LogP contribution is 2.15. The zero-order valence-corrected chi connectivity index (χ0v) is 14.5. The summed E-state index contributed by atoms with van der Waals surface area (Å²) in [6.07, 6.45) is 0.895. The number of para-hydroxylation sites is 1. The second-order valence-electron chi connectivity index (χ2n) is 5.09. The lowest BCUT2D eigenvalue weighted by atomic mass is 10.2. The topological polar surface area (TPSA) is 92.7 Å². The van der Waals surface area contributed by atoms with Crippen LogP contribution in [-0.4, -0.2) is 25.7 Å². The van der Waals surface area contributed by atoms with Gasteiger partial charge in [0.1, 0.15) is 5.01 Å². The second kappa shape index (κ2) is 7.02. The van der Waals surface area contributed by atoms with Crippen LogP contribution in [0.4, 0.5) is 5.13 Å². The second-order valence-corrected chi connectivity index (χ2v) is 6.53. The summed E-state index contributed by atoms with van der Waals surface area (Å²) >= 11 is 6.56. The van der Waals surface area contributed by atoms with Crippen LogP contribution >= 0.6 is 23.6 Å². The number of nitrogens with zero attached hydrogens (tertiary/aromatic N) is 3. The largest absolute Gasteiger partial charge is 0.332 e. The SMILES string of the molecule is CCc1nnc(NC(=O)CCn2c(=S)[nH]c3ccccc3c2=O)s1. The number of hydrogen-bond donors (Lipinski definition) is 2. The highest BCUT2D eigenvalue weighted by Gasteiger charge is 2.10. The molecule has 0 saturated carbocycles. The standard InChI is InChI=1S/C15H15N5O2S2/c1-2-12-18-19-14(24-12)17-11(21)7-8-20-13(22)9-5-3-4-6-10(9)16-15(20)23/h3-6H,2,7-8H2,1H3,(H,16,23)(H,17,19,21). The number of carbonyl (C=O) groups excluding carboxylic acids is 1. The number of hydrogen-bond acceptors (Lipinski definition) is 6. The molecule has 0 spiro atoms. The minimum atomic E-state index is -0.233. The summed E-state index contributed by atoms with van der Waals surface area (Å²) in [4.78, 5) is 27.5. The number of benzene rings is 1. The maximum absolute atomic E-state index is 12.5. The first-order valence-corrected chi connectivity index (χ1v) is 8.65. The fourth-order valence-electron chi connectivity index (χ4n) is 2.24. The molecule has 0 unspecified atom stereocenters. The zero-order valence-electron chi connectivity index (χ0n) is 12.9. The molecule has 0 aliphatic carbocycles. The Labute approximate surface area is 146 Å². The van der Waals surface area contributed by atoms with E-state index in [0.29, 0.717) is 20.8 Å². The van der Waals surface area contributed by atoms with E-state index in [2.05, 4.69) is 20.5 Å². The minimum Gasteiger partial charge on any atom is -0.332 e. The number of nitrogens with one attached hydrogen (secondary N) is 2. The van der Waals surface area contributed by atoms with E-state index in [1.807, 2.05) is 13.0 Å². The number of fused-ring (bicyclic) bond motifs is 1. The molecule has 0 aliphatic rings. The number of carbonyl (C=O) groups is 1. The van der Waals surface area contributed by atoms with Gasteiger partial charge in [0.15, 0.2) is 4.77 Å². The van der Waals surface area contributed by atoms with Gasteiger partial charge < -0.3 is 10.3 Å². The number of aromatic amines is 1. The van der Waals surface area contributed by atoms with Crippen LogP contribution < -0.4 is 10.9 Å². The van der Waals surface area contributed by atoms with Gasteiger partial charge in [-0.2, -0.15) is 0 Å². The first-order chi connectivity index (χ1) is 11.6. The van der Waals surface area contributed by atoms with Crippen molar-refractivity contribution in [2.75, 3.05) is 5.32 Å². The summed E-state index contributed by atoms with van der Waals surface area (Å²) in [5.41, 5.74) is 0.487. The third-order valence-corrected chi connectivity index (χ3v) is 4.77. The zero-order chi connectivity index (χ0) is 17.1. The van der Waals surface area contributed by atoms with E-state index < -0.39 is 0 Å². The number of amides is 1. The Bertz CT molecular complexity index is 1000. The Kier molecular flexibility index (Phi) is 4.81. The highest BCUT2D eigenvalue weighted by atomic mass is 32.1. The number of aryl methyl sites for hydroxylation is 1. The molecule has 2 heterocycles. The van der Waals surface area contributed by atoms with Gasteiger partial charge in [-0.25, -0.2) is 0 Å². The molecule has 0 bridgehead atoms. The molecule has 0 radical (unpaired) electrons. The Hall–Kier alpha value is -2.39. The normalized spacial score (nSPS) is 10.9. The van der Waals surface area contributed by atoms with Crippen molar-refractivity contribution < 1.29 is 4.79 Å². The lowest BCUT2D eigenvalue weighted by Gasteiger charge is -2.07. The van der Waals surface area contributed by atoms with Crippen molar-refractivity contribution in [3.05, 3.63) is 44.4 Å². The maximum atomic E-state index is 12.5. The average molecular weight is 361 g/mol. The molecule has 2 N–H and O–H groups in total. The summed E-state index contributed by atoms with van der Waals surface area (Å²) < 4.78 is 1.70. The number of anilines is 1. The molecule has 7 nitrogen and oxygen atoms in total. The average Bonchev–Trinajstić information content (AvgIpc) is 3.02. The molecule has 3 aromatic rings. The fourth-order valence-corrected chi connectivity index (χ4v) is 3.22. The van der Waals surface area contributed by atoms with Crippen LogP contribution in [0.2, 0.25) is 0 Å². The third kappa shape index (κ3) is 3.41. The van der Waals surface area contributed by atoms with Crippen LogP contribution in [0.5, 0.6) is 0 Å². The number of H-pyrrole nitrogens is 1. The van der Waals surface area contributed by atoms with Gasteiger partial charge >= 0.3 is 0 Å². The number of rotatable bonds is 5. The van der Waals surface area contributed by atoms with Crippen molar-refractivity contribution in [2.24, 2.45) is 0 Å². The fraction of sp³-hybridized carbons (Fsp3) is 0.267. The molecular weight excluding hydrogens is 346 g/mol. The van der Waals surface area contributed by atoms with Crippen LogP contribution in [0.3, 0.4) is 0 Å². The highest BCUT2D eigenvalue weighted by molar-refractivity contribution is 7.71. The summed E-state index contributed by atoms with van der Waals surface area (Å²) in [5.74, 6) is -0.233. The Morgan fingerprint density at radius 3 is 2.92 bits per heavy atom. The van der Waals surface area contributed by atoms with Crippen molar-refractivity contribution in [3.63, 3.8) is 0 Å². The molecule has 24 heavy (non-hydrogen) atoms. The molecule has 3 rings (SSSR count). The molecule has 124 valence electrons. The summed E-state index contributed by atoms with van der Waals surface area (Å²) in [6, 6.07) is 7.15. The Morgan fingerprint density at radius 2 is 2.17 bits per heavy atom. The van der Waals surface area contributed by atoms with Crippen molar-refractivity contribution in [1.82, 2.24) is 19.7 Å². The Balaban J connectivity index is 1.74. The summed E-state index contributed by atoms with van der Waals surface area (Å²) in [6.45, 7) is 2.17. The molecule has 1 amide bonds. The number of aromatic nitrogens is 4. The van der Waals surface area contributed by atoms with E-state index in [0.717, 1.165) is 11.4 Å². The Morgan fingerprint density at radius 1 is 1.38 bits per heavy atom. The van der Waals surface area contributed by atoms with Gasteiger partial charge in [-0.05, 0) is 30.8 Å². The van der Waals surface area contributed by atoms with Gasteiger partial charge in [0.25, 0.3) is 5.56 Å². The van der Waals surface area contributed by atoms with Gasteiger partial charge in [0, 0.05) is 13.0 Å². The van der Waals surface area contributed by atoms with Gasteiger partial charge in [0.2, 0.25) is 11.0 Å². The lowest BCUT2D eigenvalue weighted by Crippen LogP contribution is -2.25. The monoisotopic (exact) mass is 361 g/mol. The van der Waals surface area contributed by atoms with Gasteiger partial charge in [-0.3, -0.25) is 14.2 Å². The molecule has 0 fully saturated rings. The van der Waals surface area contributed by atoms with Crippen molar-refractivity contribution in [3.8, 4) is 0 Å². The van der Waals surface area contributed by atoms with Crippen LogP contribution in [0.25, 0.3) is 10.9 Å². The summed E-state index contributed by atoms with van der Waals surface area (Å²) in [5, 5.41) is 12.4. The first kappa shape index (κ1) is 16.5. The molecule has 9 heteroatoms. The van der Waals surface area contributed by atoms with E-state index in [9.17, 15) is 9.59 Å². The van der Waals surface area contributed by atoms with Gasteiger partial charge in [-0.1, -0.05) is 30.4 Å². The van der Waals surface area contributed by atoms with Gasteiger partial charge in [0.05, 0.1) is 10.9 Å². The van der Waals surface area contributed by atoms with Crippen molar-refractivity contribution in [1.29, 1.82) is 0 Å². The van der Waals surface area contributed by atoms with Gasteiger partial charge in [-0.15, -0.1) is 10.2 Å². The van der Waals surface area contributed by atoms with E-state index >= 15 is 0 Å². The van der Waals surface area contributed by atoms with E-state index in [1.54, 1.807) is 18.2 Å². The van der Waals surface area contributed by atoms with Crippen LogP contribution in [0, 0.1) is 4.77 Å². The molecule has 0 saturated heterocycles. The van der Waals surface area contributed by atoms with Crippen molar-refractivity contribution >= 4 is 45.5 Å². The molecular formula is C15H15N5O2S2. The lowest BCUT2D eigenvalue weighted by molar-refractivity contribution is -0.116. The predicted molar refractivity (Wildman–Crippen MR) is 95.9 cm³/mol. The molecule has 0 atom stereocenters. The van der Waals surface area contributed by atoms with Crippen LogP contribution in [0.1, 0.15) is 18.4 Å². The summed E-state index contributed by atoms with van der Waals surface area (Å²) in [7, 11) is 0. The predicted octanol–water partition coefficient (Wildman–Crippen LogP) is 2.50. The maximum Gasteiger partial charge on any atom is 0.262 e. The molecule has 1 aromatic carbocycles. The van der Waals surface area contributed by atoms with Crippen molar-refractivity contribution in [2.45, 2.75) is 26.3 Å². The van der Waals surface area contributed by atoms with Crippen LogP contribution in [0.15, 0.2) is 29.1 Å². The first-order valence-electron chi connectivity index (χ1n) is 7.42. The molecule has 0 aliphatic heterocycles. The van der Waals surface area contributed by atoms with Crippen LogP contribution in [-0.2, 0) is 17.8 Å². The quantitative estimate of drug-likeness (QED) is 0.681. The smallest absolute Gasteiger partial charge is 0.262 e. The molecule has 2 aromatic heterocycles.